The van der Waals surface area contributed by atoms with Gasteiger partial charge in [-0.05, 0) is 31.2 Å². The zero-order valence-corrected chi connectivity index (χ0v) is 16.4. The van der Waals surface area contributed by atoms with Crippen LogP contribution in [0.3, 0.4) is 0 Å². The molecule has 0 spiro atoms. The van der Waals surface area contributed by atoms with E-state index in [0.29, 0.717) is 37.4 Å². The number of piperidine rings is 1. The minimum Gasteiger partial charge on any atom is -0.367 e. The molecule has 6 heteroatoms. The number of rotatable bonds is 6. The molecule has 6 nitrogen and oxygen atoms in total. The molecular formula is C22H29N3O3. The van der Waals surface area contributed by atoms with Crippen LogP contribution in [0.15, 0.2) is 34.9 Å². The zero-order valence-electron chi connectivity index (χ0n) is 16.4. The Morgan fingerprint density at radius 1 is 1.07 bits per heavy atom. The molecule has 2 heterocycles. The van der Waals surface area contributed by atoms with Gasteiger partial charge in [-0.2, -0.15) is 4.98 Å². The molecule has 0 bridgehead atoms. The van der Waals surface area contributed by atoms with E-state index in [4.69, 9.17) is 9.26 Å². The fourth-order valence-electron chi connectivity index (χ4n) is 4.32. The van der Waals surface area contributed by atoms with E-state index in [1.165, 1.54) is 19.3 Å². The third-order valence-electron chi connectivity index (χ3n) is 5.87. The van der Waals surface area contributed by atoms with Crippen molar-refractivity contribution in [3.63, 3.8) is 0 Å². The minimum absolute atomic E-state index is 0.160. The van der Waals surface area contributed by atoms with Crippen molar-refractivity contribution in [2.45, 2.75) is 64.1 Å². The van der Waals surface area contributed by atoms with Crippen LogP contribution < -0.4 is 0 Å². The second-order valence-corrected chi connectivity index (χ2v) is 7.98. The highest BCUT2D eigenvalue weighted by molar-refractivity contribution is 5.79. The Morgan fingerprint density at radius 2 is 1.89 bits per heavy atom. The molecule has 1 aliphatic carbocycles. The van der Waals surface area contributed by atoms with Crippen LogP contribution in [0.2, 0.25) is 0 Å². The van der Waals surface area contributed by atoms with Gasteiger partial charge in [0.25, 0.3) is 5.89 Å². The van der Waals surface area contributed by atoms with Gasteiger partial charge in [0.15, 0.2) is 5.82 Å². The first kappa shape index (κ1) is 19.1. The number of hydrogen-bond acceptors (Lipinski definition) is 5. The zero-order chi connectivity index (χ0) is 19.2. The van der Waals surface area contributed by atoms with Gasteiger partial charge in [0.1, 0.15) is 6.61 Å². The van der Waals surface area contributed by atoms with Gasteiger partial charge in [0.05, 0.1) is 6.61 Å². The predicted octanol–water partition coefficient (Wildman–Crippen LogP) is 4.07. The topological polar surface area (TPSA) is 68.5 Å². The summed E-state index contributed by atoms with van der Waals surface area (Å²) in [5, 5.41) is 4.17. The predicted molar refractivity (Wildman–Crippen MR) is 104 cm³/mol. The summed E-state index contributed by atoms with van der Waals surface area (Å²) in [5.41, 5.74) is 1.12. The van der Waals surface area contributed by atoms with Gasteiger partial charge in [0, 0.05) is 24.9 Å². The molecule has 1 aliphatic heterocycles. The van der Waals surface area contributed by atoms with E-state index in [9.17, 15) is 4.79 Å². The lowest BCUT2D eigenvalue weighted by atomic mass is 9.87. The van der Waals surface area contributed by atoms with Gasteiger partial charge in [-0.3, -0.25) is 4.79 Å². The lowest BCUT2D eigenvalue weighted by Gasteiger charge is -2.34. The monoisotopic (exact) mass is 383 g/mol. The molecule has 0 N–H and O–H groups in total. The molecule has 0 radical (unpaired) electrons. The molecule has 1 aromatic carbocycles. The molecule has 1 amide bonds. The molecule has 150 valence electrons. The average Bonchev–Trinajstić information content (AvgIpc) is 3.24. The third kappa shape index (κ3) is 4.79. The van der Waals surface area contributed by atoms with Gasteiger partial charge in [-0.25, -0.2) is 0 Å². The molecule has 2 aliphatic rings. The summed E-state index contributed by atoms with van der Waals surface area (Å²) < 4.78 is 11.1. The van der Waals surface area contributed by atoms with Crippen LogP contribution in [0.25, 0.3) is 0 Å². The molecule has 1 atom stereocenters. The lowest BCUT2D eigenvalue weighted by molar-refractivity contribution is -0.137. The molecular weight excluding hydrogens is 354 g/mol. The van der Waals surface area contributed by atoms with Crippen molar-refractivity contribution in [1.29, 1.82) is 0 Å². The van der Waals surface area contributed by atoms with Crippen molar-refractivity contribution >= 4 is 5.91 Å². The van der Waals surface area contributed by atoms with Crippen LogP contribution in [-0.2, 0) is 22.7 Å². The fourth-order valence-corrected chi connectivity index (χ4v) is 4.32. The van der Waals surface area contributed by atoms with Gasteiger partial charge in [-0.1, -0.05) is 54.8 Å². The second kappa shape index (κ2) is 9.32. The summed E-state index contributed by atoms with van der Waals surface area (Å²) >= 11 is 0. The summed E-state index contributed by atoms with van der Waals surface area (Å²) in [6.45, 7) is 2.39. The SMILES string of the molecule is O=C(C1CCCCC1)N1CCCC(c2noc(COCc3ccccc3)n2)C1. The van der Waals surface area contributed by atoms with Gasteiger partial charge in [-0.15, -0.1) is 0 Å². The number of aromatic nitrogens is 2. The van der Waals surface area contributed by atoms with E-state index in [2.05, 4.69) is 10.1 Å². The van der Waals surface area contributed by atoms with Crippen LogP contribution in [0.5, 0.6) is 0 Å². The molecule has 2 fully saturated rings. The smallest absolute Gasteiger partial charge is 0.252 e. The maximum absolute atomic E-state index is 12.9. The Morgan fingerprint density at radius 3 is 2.71 bits per heavy atom. The van der Waals surface area contributed by atoms with Gasteiger partial charge >= 0.3 is 0 Å². The van der Waals surface area contributed by atoms with E-state index < -0.39 is 0 Å². The van der Waals surface area contributed by atoms with Crippen LogP contribution in [-0.4, -0.2) is 34.0 Å². The number of ether oxygens (including phenoxy) is 1. The molecule has 1 unspecified atom stereocenters. The summed E-state index contributed by atoms with van der Waals surface area (Å²) in [6, 6.07) is 10.0. The van der Waals surface area contributed by atoms with E-state index in [0.717, 1.165) is 37.8 Å². The maximum Gasteiger partial charge on any atom is 0.252 e. The highest BCUT2D eigenvalue weighted by Gasteiger charge is 2.32. The first-order chi connectivity index (χ1) is 13.8. The largest absolute Gasteiger partial charge is 0.367 e. The number of carbonyl (C=O) groups is 1. The van der Waals surface area contributed by atoms with E-state index in [1.54, 1.807) is 0 Å². The van der Waals surface area contributed by atoms with Gasteiger partial charge in [0.2, 0.25) is 5.91 Å². The van der Waals surface area contributed by atoms with Gasteiger partial charge < -0.3 is 14.2 Å². The maximum atomic E-state index is 12.9. The molecule has 1 saturated carbocycles. The van der Waals surface area contributed by atoms with Crippen LogP contribution in [0, 0.1) is 5.92 Å². The molecule has 1 saturated heterocycles. The lowest BCUT2D eigenvalue weighted by Crippen LogP contribution is -2.43. The summed E-state index contributed by atoms with van der Waals surface area (Å²) in [6.07, 6.45) is 7.73. The Balaban J connectivity index is 1.29. The normalized spacial score (nSPS) is 21.0. The van der Waals surface area contributed by atoms with E-state index in [-0.39, 0.29) is 11.8 Å². The molecule has 2 aromatic rings. The molecule has 1 aromatic heterocycles. The molecule has 4 rings (SSSR count). The average molecular weight is 383 g/mol. The molecule has 28 heavy (non-hydrogen) atoms. The highest BCUT2D eigenvalue weighted by atomic mass is 16.5. The Labute approximate surface area is 166 Å². The van der Waals surface area contributed by atoms with Crippen molar-refractivity contribution in [3.05, 3.63) is 47.6 Å². The van der Waals surface area contributed by atoms with E-state index in [1.807, 2.05) is 35.2 Å². The second-order valence-electron chi connectivity index (χ2n) is 7.98. The number of amides is 1. The number of benzene rings is 1. The fraction of sp³-hybridized carbons (Fsp3) is 0.591. The van der Waals surface area contributed by atoms with Crippen molar-refractivity contribution < 1.29 is 14.1 Å². The van der Waals surface area contributed by atoms with Crippen molar-refractivity contribution in [2.75, 3.05) is 13.1 Å². The highest BCUT2D eigenvalue weighted by Crippen LogP contribution is 2.30. The summed E-state index contributed by atoms with van der Waals surface area (Å²) in [5.74, 6) is 1.92. The van der Waals surface area contributed by atoms with Crippen LogP contribution in [0.4, 0.5) is 0 Å². The van der Waals surface area contributed by atoms with Crippen molar-refractivity contribution in [3.8, 4) is 0 Å². The quantitative estimate of drug-likeness (QED) is 0.752. The first-order valence-electron chi connectivity index (χ1n) is 10.5. The number of likely N-dealkylation sites (tertiary alicyclic amines) is 1. The van der Waals surface area contributed by atoms with Crippen molar-refractivity contribution in [1.82, 2.24) is 15.0 Å². The Kier molecular flexibility index (Phi) is 6.37. The number of carbonyl (C=O) groups excluding carboxylic acids is 1. The van der Waals surface area contributed by atoms with Crippen molar-refractivity contribution in [2.24, 2.45) is 5.92 Å². The number of hydrogen-bond donors (Lipinski definition) is 0. The summed E-state index contributed by atoms with van der Waals surface area (Å²) in [7, 11) is 0. The Bertz CT molecular complexity index is 755. The number of nitrogens with zero attached hydrogens (tertiary/aromatic N) is 3. The van der Waals surface area contributed by atoms with Crippen LogP contribution >= 0.6 is 0 Å². The third-order valence-corrected chi connectivity index (χ3v) is 5.87. The van der Waals surface area contributed by atoms with E-state index >= 15 is 0 Å². The standard InChI is InChI=1S/C22H29N3O3/c26-22(18-10-5-2-6-11-18)25-13-7-12-19(14-25)21-23-20(28-24-21)16-27-15-17-8-3-1-4-9-17/h1,3-4,8-9,18-19H,2,5-7,10-16H2. The van der Waals surface area contributed by atoms with Crippen LogP contribution in [0.1, 0.15) is 68.1 Å². The Hall–Kier alpha value is -2.21. The summed E-state index contributed by atoms with van der Waals surface area (Å²) in [4.78, 5) is 19.4. The first-order valence-corrected chi connectivity index (χ1v) is 10.5. The minimum atomic E-state index is 0.160.